The average molecular weight is 466 g/mol. The van der Waals surface area contributed by atoms with Crippen molar-refractivity contribution in [2.75, 3.05) is 25.5 Å². The second-order valence-corrected chi connectivity index (χ2v) is 9.59. The van der Waals surface area contributed by atoms with Crippen molar-refractivity contribution < 1.29 is 19.1 Å². The molecular formula is C25H31N5O4. The number of anilines is 1. The number of H-pyrrole nitrogens is 1. The fraction of sp³-hybridized carbons (Fsp3) is 0.440. The maximum atomic E-state index is 12.5. The van der Waals surface area contributed by atoms with Crippen LogP contribution < -0.4 is 5.32 Å². The summed E-state index contributed by atoms with van der Waals surface area (Å²) in [6.45, 7) is 8.78. The number of benzene rings is 1. The summed E-state index contributed by atoms with van der Waals surface area (Å²) in [6, 6.07) is 5.44. The first-order valence-electron chi connectivity index (χ1n) is 11.4. The maximum absolute atomic E-state index is 12.5. The fourth-order valence-corrected chi connectivity index (χ4v) is 4.12. The number of aromatic nitrogens is 3. The highest BCUT2D eigenvalue weighted by atomic mass is 16.6. The summed E-state index contributed by atoms with van der Waals surface area (Å²) >= 11 is 0. The van der Waals surface area contributed by atoms with E-state index in [4.69, 9.17) is 14.5 Å². The monoisotopic (exact) mass is 465 g/mol. The van der Waals surface area contributed by atoms with Crippen molar-refractivity contribution in [3.8, 4) is 11.3 Å². The first-order chi connectivity index (χ1) is 16.1. The number of carbonyl (C=O) groups excluding carboxylic acids is 2. The molecule has 1 saturated heterocycles. The van der Waals surface area contributed by atoms with Gasteiger partial charge in [0.25, 0.3) is 0 Å². The van der Waals surface area contributed by atoms with Crippen molar-refractivity contribution in [3.63, 3.8) is 0 Å². The summed E-state index contributed by atoms with van der Waals surface area (Å²) in [5.41, 5.74) is 3.44. The van der Waals surface area contributed by atoms with Gasteiger partial charge in [-0.3, -0.25) is 0 Å². The van der Waals surface area contributed by atoms with Crippen LogP contribution in [0.4, 0.5) is 10.7 Å². The van der Waals surface area contributed by atoms with Crippen LogP contribution in [0.2, 0.25) is 0 Å². The number of esters is 1. The van der Waals surface area contributed by atoms with Crippen LogP contribution in [0.25, 0.3) is 22.2 Å². The van der Waals surface area contributed by atoms with Gasteiger partial charge in [0.15, 0.2) is 0 Å². The number of likely N-dealkylation sites (tertiary alicyclic amines) is 1. The van der Waals surface area contributed by atoms with Gasteiger partial charge in [-0.15, -0.1) is 0 Å². The van der Waals surface area contributed by atoms with Crippen molar-refractivity contribution in [1.82, 2.24) is 19.9 Å². The minimum absolute atomic E-state index is 0.0300. The zero-order valence-electron chi connectivity index (χ0n) is 20.3. The molecule has 0 aliphatic carbocycles. The molecule has 1 aromatic carbocycles. The number of nitrogens with zero attached hydrogens (tertiary/aromatic N) is 3. The average Bonchev–Trinajstić information content (AvgIpc) is 3.22. The van der Waals surface area contributed by atoms with E-state index in [1.165, 1.54) is 7.11 Å². The van der Waals surface area contributed by atoms with Gasteiger partial charge in [-0.1, -0.05) is 6.07 Å². The first-order valence-corrected chi connectivity index (χ1v) is 11.4. The number of hydrogen-bond acceptors (Lipinski definition) is 7. The molecule has 9 heteroatoms. The summed E-state index contributed by atoms with van der Waals surface area (Å²) in [5, 5.41) is 4.35. The zero-order chi connectivity index (χ0) is 24.5. The van der Waals surface area contributed by atoms with E-state index in [9.17, 15) is 9.59 Å². The van der Waals surface area contributed by atoms with E-state index in [0.717, 1.165) is 40.6 Å². The molecule has 2 aromatic heterocycles. The van der Waals surface area contributed by atoms with E-state index in [2.05, 4.69) is 15.3 Å². The van der Waals surface area contributed by atoms with E-state index in [-0.39, 0.29) is 18.1 Å². The number of piperidine rings is 1. The van der Waals surface area contributed by atoms with Crippen molar-refractivity contribution in [3.05, 3.63) is 41.7 Å². The number of hydrogen-bond donors (Lipinski definition) is 2. The van der Waals surface area contributed by atoms with Crippen LogP contribution >= 0.6 is 0 Å². The van der Waals surface area contributed by atoms with Crippen molar-refractivity contribution in [2.45, 2.75) is 52.2 Å². The van der Waals surface area contributed by atoms with Crippen LogP contribution in [-0.4, -0.2) is 63.8 Å². The summed E-state index contributed by atoms with van der Waals surface area (Å²) in [6.07, 6.45) is 5.17. The number of aromatic amines is 1. The van der Waals surface area contributed by atoms with Crippen molar-refractivity contribution >= 4 is 28.9 Å². The molecule has 1 atom stereocenters. The van der Waals surface area contributed by atoms with Crippen molar-refractivity contribution in [2.24, 2.45) is 0 Å². The van der Waals surface area contributed by atoms with Crippen molar-refractivity contribution in [1.29, 1.82) is 0 Å². The number of amides is 1. The topological polar surface area (TPSA) is 109 Å². The number of fused-ring (bicyclic) bond motifs is 1. The molecule has 0 bridgehead atoms. The molecule has 0 unspecified atom stereocenters. The minimum atomic E-state index is -0.524. The van der Waals surface area contributed by atoms with E-state index in [1.807, 2.05) is 40.0 Å². The van der Waals surface area contributed by atoms with E-state index < -0.39 is 5.60 Å². The molecule has 0 saturated carbocycles. The fourth-order valence-electron chi connectivity index (χ4n) is 4.12. The van der Waals surface area contributed by atoms with Crippen LogP contribution in [-0.2, 0) is 9.47 Å². The van der Waals surface area contributed by atoms with Gasteiger partial charge >= 0.3 is 12.1 Å². The Labute approximate surface area is 198 Å². The molecule has 9 nitrogen and oxygen atoms in total. The third-order valence-electron chi connectivity index (χ3n) is 5.74. The number of aryl methyl sites for hydroxylation is 1. The third kappa shape index (κ3) is 5.13. The number of ether oxygens (including phenoxy) is 2. The lowest BCUT2D eigenvalue weighted by molar-refractivity contribution is 0.0206. The highest BCUT2D eigenvalue weighted by molar-refractivity contribution is 6.00. The van der Waals surface area contributed by atoms with Gasteiger partial charge in [-0.05, 0) is 58.2 Å². The molecule has 0 spiro atoms. The summed E-state index contributed by atoms with van der Waals surface area (Å²) < 4.78 is 10.3. The van der Waals surface area contributed by atoms with E-state index in [1.54, 1.807) is 23.2 Å². The Hall–Kier alpha value is -3.62. The molecule has 1 fully saturated rings. The van der Waals surface area contributed by atoms with Crippen LogP contribution in [0.5, 0.6) is 0 Å². The molecular weight excluding hydrogens is 434 g/mol. The van der Waals surface area contributed by atoms with Crippen LogP contribution in [0.15, 0.2) is 30.6 Å². The van der Waals surface area contributed by atoms with Gasteiger partial charge in [-0.2, -0.15) is 0 Å². The summed E-state index contributed by atoms with van der Waals surface area (Å²) in [5.74, 6) is 0.132. The van der Waals surface area contributed by atoms with Gasteiger partial charge in [0.1, 0.15) is 5.60 Å². The zero-order valence-corrected chi connectivity index (χ0v) is 20.3. The van der Waals surface area contributed by atoms with Gasteiger partial charge in [-0.25, -0.2) is 19.6 Å². The number of rotatable bonds is 4. The predicted octanol–water partition coefficient (Wildman–Crippen LogP) is 4.53. The second kappa shape index (κ2) is 9.32. The molecule has 1 amide bonds. The van der Waals surface area contributed by atoms with E-state index >= 15 is 0 Å². The van der Waals surface area contributed by atoms with Gasteiger partial charge in [0.2, 0.25) is 5.95 Å². The predicted molar refractivity (Wildman–Crippen MR) is 130 cm³/mol. The number of carbonyl (C=O) groups is 2. The lowest BCUT2D eigenvalue weighted by Crippen LogP contribution is -2.47. The lowest BCUT2D eigenvalue weighted by atomic mass is 10.1. The van der Waals surface area contributed by atoms with Crippen LogP contribution in [0, 0.1) is 6.92 Å². The Morgan fingerprint density at radius 1 is 1.26 bits per heavy atom. The normalized spacial score (nSPS) is 16.4. The highest BCUT2D eigenvalue weighted by Gasteiger charge is 2.28. The Morgan fingerprint density at radius 2 is 2.06 bits per heavy atom. The van der Waals surface area contributed by atoms with Crippen LogP contribution in [0.3, 0.4) is 0 Å². The second-order valence-electron chi connectivity index (χ2n) is 9.59. The van der Waals surface area contributed by atoms with Gasteiger partial charge < -0.3 is 24.7 Å². The highest BCUT2D eigenvalue weighted by Crippen LogP contribution is 2.31. The Morgan fingerprint density at radius 3 is 2.79 bits per heavy atom. The molecule has 180 valence electrons. The first kappa shape index (κ1) is 23.5. The smallest absolute Gasteiger partial charge is 0.410 e. The Bertz CT molecular complexity index is 1210. The molecule has 1 aliphatic rings. The maximum Gasteiger partial charge on any atom is 0.410 e. The molecule has 34 heavy (non-hydrogen) atoms. The summed E-state index contributed by atoms with van der Waals surface area (Å²) in [4.78, 5) is 38.6. The van der Waals surface area contributed by atoms with Crippen LogP contribution in [0.1, 0.15) is 49.5 Å². The Balaban J connectivity index is 1.54. The number of methoxy groups -OCH3 is 1. The molecule has 2 N–H and O–H groups in total. The molecule has 3 aromatic rings. The van der Waals surface area contributed by atoms with E-state index in [0.29, 0.717) is 24.6 Å². The SMILES string of the molecule is COC(=O)c1ccc2c(-c3nc(N[C@H]4CCCN(C(=O)OC(C)(C)C)C4)ncc3C)c[nH]c2c1. The van der Waals surface area contributed by atoms with Gasteiger partial charge in [0.05, 0.1) is 18.4 Å². The molecule has 0 radical (unpaired) electrons. The van der Waals surface area contributed by atoms with Gasteiger partial charge in [0, 0.05) is 48.0 Å². The summed E-state index contributed by atoms with van der Waals surface area (Å²) in [7, 11) is 1.37. The quantitative estimate of drug-likeness (QED) is 0.545. The largest absolute Gasteiger partial charge is 0.465 e. The molecule has 4 rings (SSSR count). The molecule has 3 heterocycles. The third-order valence-corrected chi connectivity index (χ3v) is 5.74. The number of nitrogens with one attached hydrogen (secondary N) is 2. The standard InChI is InChI=1S/C25H31N5O4/c1-15-12-27-23(28-17-7-6-10-30(14-17)24(32)34-25(2,3)4)29-21(15)19-13-26-20-11-16(22(31)33-5)8-9-18(19)20/h8-9,11-13,17,26H,6-7,10,14H2,1-5H3,(H,27,28,29)/t17-/m0/s1. The molecule has 1 aliphatic heterocycles. The lowest BCUT2D eigenvalue weighted by Gasteiger charge is -2.34. The minimum Gasteiger partial charge on any atom is -0.465 e. The Kier molecular flexibility index (Phi) is 6.45.